The van der Waals surface area contributed by atoms with Crippen molar-refractivity contribution in [3.63, 3.8) is 0 Å². The average molecular weight is 658 g/mol. The average Bonchev–Trinajstić information content (AvgIpc) is 3.75. The first-order chi connectivity index (χ1) is 24.7. The zero-order chi connectivity index (χ0) is 33.0. The lowest BCUT2D eigenvalue weighted by molar-refractivity contribution is 0.669. The summed E-state index contributed by atoms with van der Waals surface area (Å²) < 4.78 is 9.04. The first-order valence-corrected chi connectivity index (χ1v) is 17.4. The van der Waals surface area contributed by atoms with Crippen LogP contribution < -0.4 is 0 Å². The molecule has 0 amide bonds. The van der Waals surface area contributed by atoms with Crippen LogP contribution in [-0.4, -0.2) is 15.0 Å². The highest BCUT2D eigenvalue weighted by atomic mass is 32.1. The summed E-state index contributed by atoms with van der Waals surface area (Å²) in [4.78, 5) is 14.9. The van der Waals surface area contributed by atoms with Gasteiger partial charge in [0, 0.05) is 47.6 Å². The normalized spacial score (nSPS) is 11.6. The molecular weight excluding hydrogens is 631 g/mol. The first kappa shape index (κ1) is 28.6. The van der Waals surface area contributed by atoms with Crippen molar-refractivity contribution in [2.75, 3.05) is 0 Å². The van der Waals surface area contributed by atoms with E-state index in [4.69, 9.17) is 19.4 Å². The van der Waals surface area contributed by atoms with Gasteiger partial charge in [0.2, 0.25) is 0 Å². The highest BCUT2D eigenvalue weighted by Gasteiger charge is 2.16. The lowest BCUT2D eigenvalue weighted by Gasteiger charge is -2.09. The number of furan rings is 1. The smallest absolute Gasteiger partial charge is 0.164 e. The zero-order valence-corrected chi connectivity index (χ0v) is 27.6. The molecule has 4 nitrogen and oxygen atoms in total. The predicted octanol–water partition coefficient (Wildman–Crippen LogP) is 12.5. The fraction of sp³-hybridized carbons (Fsp3) is 0. The van der Waals surface area contributed by atoms with Crippen molar-refractivity contribution >= 4 is 53.4 Å². The molecule has 0 spiro atoms. The number of rotatable bonds is 5. The maximum Gasteiger partial charge on any atom is 0.164 e. The quantitative estimate of drug-likeness (QED) is 0.185. The van der Waals surface area contributed by atoms with Gasteiger partial charge in [0.15, 0.2) is 17.5 Å². The van der Waals surface area contributed by atoms with Crippen molar-refractivity contribution in [2.24, 2.45) is 0 Å². The Balaban J connectivity index is 1.05. The van der Waals surface area contributed by atoms with E-state index in [0.29, 0.717) is 17.5 Å². The largest absolute Gasteiger partial charge is 0.456 e. The van der Waals surface area contributed by atoms with Crippen molar-refractivity contribution in [1.29, 1.82) is 0 Å². The van der Waals surface area contributed by atoms with E-state index in [1.54, 1.807) is 0 Å². The van der Waals surface area contributed by atoms with E-state index in [9.17, 15) is 0 Å². The molecule has 10 rings (SSSR count). The lowest BCUT2D eigenvalue weighted by Crippen LogP contribution is -2.00. The van der Waals surface area contributed by atoms with Gasteiger partial charge in [0.05, 0.1) is 0 Å². The minimum atomic E-state index is 0.598. The van der Waals surface area contributed by atoms with E-state index in [2.05, 4.69) is 121 Å². The summed E-state index contributed by atoms with van der Waals surface area (Å²) in [5.74, 6) is 1.85. The summed E-state index contributed by atoms with van der Waals surface area (Å²) in [6.45, 7) is 0. The molecule has 234 valence electrons. The van der Waals surface area contributed by atoms with Crippen molar-refractivity contribution in [3.05, 3.63) is 164 Å². The Bertz CT molecular complexity index is 2860. The van der Waals surface area contributed by atoms with Crippen LogP contribution in [0.1, 0.15) is 0 Å². The third kappa shape index (κ3) is 4.95. The van der Waals surface area contributed by atoms with Gasteiger partial charge in [0.1, 0.15) is 11.2 Å². The summed E-state index contributed by atoms with van der Waals surface area (Å²) in [7, 11) is 0. The summed E-state index contributed by atoms with van der Waals surface area (Å²) in [6, 6.07) is 56.9. The summed E-state index contributed by atoms with van der Waals surface area (Å²) in [6.07, 6.45) is 0. The molecule has 0 unspecified atom stereocenters. The molecule has 0 aliphatic heterocycles. The first-order valence-electron chi connectivity index (χ1n) is 16.6. The molecule has 0 aliphatic carbocycles. The molecule has 0 N–H and O–H groups in total. The molecule has 0 saturated carbocycles. The standard InChI is InChI=1S/C45H27N3OS/c1-3-9-28(10-4-1)29-15-17-31(18-16-29)44-46-43(30-11-5-2-6-12-30)47-45(48-44)34-20-22-35-38-25-32(21-24-39(38)49-40(35)26-34)33-19-23-37-36-13-7-8-14-41(36)50-42(37)27-33/h1-27H. The number of thiophene rings is 1. The van der Waals surface area contributed by atoms with Crippen LogP contribution in [0.25, 0.3) is 98.5 Å². The molecule has 3 heterocycles. The Labute approximate surface area is 292 Å². The van der Waals surface area contributed by atoms with E-state index in [1.165, 1.54) is 31.3 Å². The van der Waals surface area contributed by atoms with Crippen LogP contribution in [0.4, 0.5) is 0 Å². The van der Waals surface area contributed by atoms with Crippen LogP contribution in [0, 0.1) is 0 Å². The van der Waals surface area contributed by atoms with E-state index >= 15 is 0 Å². The number of benzene rings is 7. The SMILES string of the molecule is c1ccc(-c2ccc(-c3nc(-c4ccccc4)nc(-c4ccc5c(c4)oc4ccc(-c6ccc7c(c6)sc6ccccc67)cc45)n3)cc2)cc1. The second-order valence-electron chi connectivity index (χ2n) is 12.4. The van der Waals surface area contributed by atoms with Crippen LogP contribution in [0.2, 0.25) is 0 Å². The number of hydrogen-bond acceptors (Lipinski definition) is 5. The molecule has 3 aromatic heterocycles. The maximum absolute atomic E-state index is 6.43. The van der Waals surface area contributed by atoms with Crippen LogP contribution in [0.5, 0.6) is 0 Å². The fourth-order valence-electron chi connectivity index (χ4n) is 6.79. The van der Waals surface area contributed by atoms with E-state index in [1.807, 2.05) is 53.8 Å². The van der Waals surface area contributed by atoms with Gasteiger partial charge in [-0.3, -0.25) is 0 Å². The van der Waals surface area contributed by atoms with E-state index < -0.39 is 0 Å². The molecule has 0 bridgehead atoms. The molecule has 0 atom stereocenters. The second-order valence-corrected chi connectivity index (χ2v) is 13.5. The third-order valence-electron chi connectivity index (χ3n) is 9.36. The number of fused-ring (bicyclic) bond motifs is 6. The number of hydrogen-bond donors (Lipinski definition) is 0. The van der Waals surface area contributed by atoms with Gasteiger partial charge in [-0.05, 0) is 58.7 Å². The molecule has 0 radical (unpaired) electrons. The minimum absolute atomic E-state index is 0.598. The Hall–Kier alpha value is -6.43. The van der Waals surface area contributed by atoms with Gasteiger partial charge in [-0.15, -0.1) is 11.3 Å². The monoisotopic (exact) mass is 657 g/mol. The molecule has 7 aromatic carbocycles. The summed E-state index contributed by atoms with van der Waals surface area (Å²) >= 11 is 1.84. The lowest BCUT2D eigenvalue weighted by atomic mass is 10.0. The van der Waals surface area contributed by atoms with Crippen LogP contribution in [0.15, 0.2) is 168 Å². The summed E-state index contributed by atoms with van der Waals surface area (Å²) in [5.41, 5.74) is 9.05. The topological polar surface area (TPSA) is 51.8 Å². The predicted molar refractivity (Wildman–Crippen MR) is 207 cm³/mol. The molecule has 0 aliphatic rings. The highest BCUT2D eigenvalue weighted by Crippen LogP contribution is 2.39. The van der Waals surface area contributed by atoms with Gasteiger partial charge >= 0.3 is 0 Å². The van der Waals surface area contributed by atoms with Gasteiger partial charge in [0.25, 0.3) is 0 Å². The molecule has 5 heteroatoms. The van der Waals surface area contributed by atoms with Crippen LogP contribution in [0.3, 0.4) is 0 Å². The zero-order valence-electron chi connectivity index (χ0n) is 26.7. The van der Waals surface area contributed by atoms with Gasteiger partial charge < -0.3 is 4.42 Å². The second kappa shape index (κ2) is 11.6. The maximum atomic E-state index is 6.43. The van der Waals surface area contributed by atoms with Gasteiger partial charge in [-0.2, -0.15) is 0 Å². The molecule has 50 heavy (non-hydrogen) atoms. The highest BCUT2D eigenvalue weighted by molar-refractivity contribution is 7.25. The summed E-state index contributed by atoms with van der Waals surface area (Å²) in [5, 5.41) is 4.76. The van der Waals surface area contributed by atoms with Crippen molar-refractivity contribution in [2.45, 2.75) is 0 Å². The van der Waals surface area contributed by atoms with Gasteiger partial charge in [-0.25, -0.2) is 15.0 Å². The van der Waals surface area contributed by atoms with Crippen LogP contribution >= 0.6 is 11.3 Å². The third-order valence-corrected chi connectivity index (χ3v) is 10.5. The Morgan fingerprint density at radius 3 is 1.62 bits per heavy atom. The molecule has 10 aromatic rings. The Morgan fingerprint density at radius 2 is 0.840 bits per heavy atom. The minimum Gasteiger partial charge on any atom is -0.456 e. The van der Waals surface area contributed by atoms with E-state index in [-0.39, 0.29) is 0 Å². The van der Waals surface area contributed by atoms with E-state index in [0.717, 1.165) is 49.8 Å². The van der Waals surface area contributed by atoms with Crippen molar-refractivity contribution in [1.82, 2.24) is 15.0 Å². The Kier molecular flexibility index (Phi) is 6.64. The van der Waals surface area contributed by atoms with Crippen LogP contribution in [-0.2, 0) is 0 Å². The van der Waals surface area contributed by atoms with Gasteiger partial charge in [-0.1, -0.05) is 127 Å². The molecule has 0 fully saturated rings. The molecule has 0 saturated heterocycles. The number of nitrogens with zero attached hydrogens (tertiary/aromatic N) is 3. The van der Waals surface area contributed by atoms with Crippen molar-refractivity contribution < 1.29 is 4.42 Å². The Morgan fingerprint density at radius 1 is 0.320 bits per heavy atom. The molecular formula is C45H27N3OS. The number of aromatic nitrogens is 3. The van der Waals surface area contributed by atoms with Crippen molar-refractivity contribution in [3.8, 4) is 56.4 Å². The fourth-order valence-corrected chi connectivity index (χ4v) is 7.94.